The minimum Gasteiger partial charge on any atom is -0.192 e. The second-order valence-corrected chi connectivity index (χ2v) is 6.31. The monoisotopic (exact) mass is 360 g/mol. The minimum absolute atomic E-state index is 0.654. The smallest absolute Gasteiger partial charge is 0.192 e. The van der Waals surface area contributed by atoms with E-state index in [0.29, 0.717) is 11.1 Å². The van der Waals surface area contributed by atoms with Gasteiger partial charge < -0.3 is 0 Å². The van der Waals surface area contributed by atoms with Crippen molar-refractivity contribution in [1.29, 1.82) is 10.5 Å². The van der Waals surface area contributed by atoms with Crippen LogP contribution in [0.15, 0.2) is 97.6 Å². The maximum atomic E-state index is 8.91. The molecule has 28 heavy (non-hydrogen) atoms. The summed E-state index contributed by atoms with van der Waals surface area (Å²) in [7, 11) is 0. The number of aromatic nitrogens is 2. The molecular formula is C24H16N4+2. The molecule has 2 aromatic carbocycles. The molecule has 4 aromatic rings. The predicted molar refractivity (Wildman–Crippen MR) is 104 cm³/mol. The van der Waals surface area contributed by atoms with Crippen molar-refractivity contribution in [1.82, 2.24) is 0 Å². The molecule has 4 nitrogen and oxygen atoms in total. The largest absolute Gasteiger partial charge is 0.210 e. The number of nitrogens with zero attached hydrogens (tertiary/aromatic N) is 4. The molecule has 2 heterocycles. The van der Waals surface area contributed by atoms with Gasteiger partial charge in [0, 0.05) is 48.5 Å². The molecule has 0 spiro atoms. The highest BCUT2D eigenvalue weighted by Crippen LogP contribution is 2.17. The summed E-state index contributed by atoms with van der Waals surface area (Å²) in [6.45, 7) is 0. The van der Waals surface area contributed by atoms with Gasteiger partial charge in [0.2, 0.25) is 11.4 Å². The molecule has 0 saturated carbocycles. The zero-order valence-corrected chi connectivity index (χ0v) is 15.0. The average molecular weight is 360 g/mol. The molecule has 0 bridgehead atoms. The highest BCUT2D eigenvalue weighted by atomic mass is 14.9. The summed E-state index contributed by atoms with van der Waals surface area (Å²) in [5.74, 6) is 0. The van der Waals surface area contributed by atoms with E-state index in [2.05, 4.69) is 36.4 Å². The number of hydrogen-bond acceptors (Lipinski definition) is 2. The van der Waals surface area contributed by atoms with Gasteiger partial charge in [0.15, 0.2) is 24.8 Å². The summed E-state index contributed by atoms with van der Waals surface area (Å²) >= 11 is 0. The Morgan fingerprint density at radius 3 is 1.07 bits per heavy atom. The van der Waals surface area contributed by atoms with Crippen molar-refractivity contribution in [3.8, 4) is 34.6 Å². The Balaban J connectivity index is 1.55. The Morgan fingerprint density at radius 1 is 0.464 bits per heavy atom. The summed E-state index contributed by atoms with van der Waals surface area (Å²) in [5.41, 5.74) is 5.57. The van der Waals surface area contributed by atoms with Crippen molar-refractivity contribution >= 4 is 0 Å². The van der Waals surface area contributed by atoms with E-state index in [1.807, 2.05) is 82.5 Å². The fraction of sp³-hybridized carbons (Fsp3) is 0. The van der Waals surface area contributed by atoms with E-state index in [9.17, 15) is 0 Å². The van der Waals surface area contributed by atoms with E-state index in [1.54, 1.807) is 0 Å². The second-order valence-electron chi connectivity index (χ2n) is 6.31. The Hall–Kier alpha value is -4.28. The van der Waals surface area contributed by atoms with Crippen LogP contribution in [-0.4, -0.2) is 0 Å². The maximum absolute atomic E-state index is 8.91. The number of pyridine rings is 2. The van der Waals surface area contributed by atoms with Gasteiger partial charge in [0.05, 0.1) is 23.3 Å². The van der Waals surface area contributed by atoms with E-state index in [4.69, 9.17) is 10.5 Å². The van der Waals surface area contributed by atoms with Gasteiger partial charge >= 0.3 is 0 Å². The first-order valence-corrected chi connectivity index (χ1v) is 8.81. The number of benzene rings is 2. The Bertz CT molecular complexity index is 1080. The van der Waals surface area contributed by atoms with Crippen molar-refractivity contribution in [3.05, 3.63) is 109 Å². The molecule has 0 saturated heterocycles. The molecule has 0 aliphatic carbocycles. The van der Waals surface area contributed by atoms with E-state index >= 15 is 0 Å². The molecule has 4 heteroatoms. The van der Waals surface area contributed by atoms with Gasteiger partial charge in [-0.3, -0.25) is 0 Å². The molecule has 0 aliphatic rings. The zero-order valence-electron chi connectivity index (χ0n) is 15.0. The lowest BCUT2D eigenvalue weighted by Gasteiger charge is -2.01. The van der Waals surface area contributed by atoms with Crippen LogP contribution in [0.2, 0.25) is 0 Å². The molecule has 0 amide bonds. The zero-order chi connectivity index (χ0) is 19.3. The molecule has 0 fully saturated rings. The van der Waals surface area contributed by atoms with E-state index in [0.717, 1.165) is 22.5 Å². The van der Waals surface area contributed by atoms with Crippen molar-refractivity contribution in [2.75, 3.05) is 0 Å². The molecule has 0 N–H and O–H groups in total. The van der Waals surface area contributed by atoms with Gasteiger partial charge in [-0.2, -0.15) is 19.7 Å². The van der Waals surface area contributed by atoms with Gasteiger partial charge in [0.25, 0.3) is 0 Å². The van der Waals surface area contributed by atoms with Gasteiger partial charge in [0.1, 0.15) is 0 Å². The first-order chi connectivity index (χ1) is 13.8. The number of rotatable bonds is 3. The summed E-state index contributed by atoms with van der Waals surface area (Å²) in [6, 6.07) is 27.5. The summed E-state index contributed by atoms with van der Waals surface area (Å²) < 4.78 is 4.04. The predicted octanol–water partition coefficient (Wildman–Crippen LogP) is 3.65. The first-order valence-electron chi connectivity index (χ1n) is 8.81. The highest BCUT2D eigenvalue weighted by Gasteiger charge is 2.09. The van der Waals surface area contributed by atoms with Crippen LogP contribution in [0.5, 0.6) is 0 Å². The van der Waals surface area contributed by atoms with Gasteiger partial charge in [-0.05, 0) is 35.4 Å². The van der Waals surface area contributed by atoms with Crippen LogP contribution < -0.4 is 9.13 Å². The number of nitriles is 2. The molecule has 0 atom stereocenters. The third kappa shape index (κ3) is 3.49. The molecule has 0 radical (unpaired) electrons. The van der Waals surface area contributed by atoms with Crippen LogP contribution in [0.25, 0.3) is 22.5 Å². The normalized spacial score (nSPS) is 10.1. The van der Waals surface area contributed by atoms with Crippen molar-refractivity contribution < 1.29 is 9.13 Å². The Labute approximate surface area is 163 Å². The van der Waals surface area contributed by atoms with E-state index in [-0.39, 0.29) is 0 Å². The maximum Gasteiger partial charge on any atom is 0.210 e. The van der Waals surface area contributed by atoms with Crippen LogP contribution >= 0.6 is 0 Å². The van der Waals surface area contributed by atoms with E-state index in [1.165, 1.54) is 0 Å². The van der Waals surface area contributed by atoms with Crippen LogP contribution in [0.3, 0.4) is 0 Å². The molecule has 0 aliphatic heterocycles. The lowest BCUT2D eigenvalue weighted by molar-refractivity contribution is -0.596. The topological polar surface area (TPSA) is 55.3 Å². The quantitative estimate of drug-likeness (QED) is 0.524. The van der Waals surface area contributed by atoms with Gasteiger partial charge in [-0.25, -0.2) is 0 Å². The average Bonchev–Trinajstić information content (AvgIpc) is 2.79. The Morgan fingerprint density at radius 2 is 0.786 bits per heavy atom. The molecule has 0 unspecified atom stereocenters. The highest BCUT2D eigenvalue weighted by molar-refractivity contribution is 5.61. The van der Waals surface area contributed by atoms with Crippen LogP contribution in [0.1, 0.15) is 11.1 Å². The Kier molecular flexibility index (Phi) is 4.61. The standard InChI is InChI=1S/C24H16N4/c25-17-19-1-5-23(6-2-19)27-13-9-21(10-14-27)22-11-15-28(16-12-22)24-7-3-20(18-26)4-8-24/h1-16H/q+2. The molecule has 4 rings (SSSR count). The van der Waals surface area contributed by atoms with Crippen LogP contribution in [0, 0.1) is 22.7 Å². The second kappa shape index (κ2) is 7.53. The summed E-state index contributed by atoms with van der Waals surface area (Å²) in [4.78, 5) is 0. The summed E-state index contributed by atoms with van der Waals surface area (Å²) in [6.07, 6.45) is 8.05. The fourth-order valence-corrected chi connectivity index (χ4v) is 3.00. The molecular weight excluding hydrogens is 344 g/mol. The van der Waals surface area contributed by atoms with Crippen molar-refractivity contribution in [3.63, 3.8) is 0 Å². The minimum atomic E-state index is 0.654. The van der Waals surface area contributed by atoms with Gasteiger partial charge in [-0.1, -0.05) is 0 Å². The van der Waals surface area contributed by atoms with Crippen LogP contribution in [-0.2, 0) is 0 Å². The lowest BCUT2D eigenvalue weighted by atomic mass is 10.1. The summed E-state index contributed by atoms with van der Waals surface area (Å²) in [5, 5.41) is 17.8. The van der Waals surface area contributed by atoms with Crippen molar-refractivity contribution in [2.45, 2.75) is 0 Å². The SMILES string of the molecule is N#Cc1ccc(-[n+]2ccc(-c3cc[n+](-c4ccc(C#N)cc4)cc3)cc2)cc1. The number of hydrogen-bond donors (Lipinski definition) is 0. The molecule has 2 aromatic heterocycles. The van der Waals surface area contributed by atoms with Crippen LogP contribution in [0.4, 0.5) is 0 Å². The first kappa shape index (κ1) is 17.1. The van der Waals surface area contributed by atoms with Gasteiger partial charge in [-0.15, -0.1) is 0 Å². The third-order valence-corrected chi connectivity index (χ3v) is 4.58. The lowest BCUT2D eigenvalue weighted by Crippen LogP contribution is -2.29. The van der Waals surface area contributed by atoms with E-state index < -0.39 is 0 Å². The van der Waals surface area contributed by atoms with Crippen molar-refractivity contribution in [2.24, 2.45) is 0 Å². The third-order valence-electron chi connectivity index (χ3n) is 4.58. The molecule has 130 valence electrons. The fourth-order valence-electron chi connectivity index (χ4n) is 3.00.